The van der Waals surface area contributed by atoms with Gasteiger partial charge in [0, 0.05) is 31.3 Å². The standard InChI is InChI=1S/C18H28ClN3O3.HI/c1-2-20-18(21-8-4-10-24-17-7-11-23-14-17)22-9-12-25-16-6-3-5-15(19)13-16;/h3,5-6,13,17H,2,4,7-12,14H2,1H3,(H2,20,21,22);1H. The van der Waals surface area contributed by atoms with Crippen LogP contribution in [0.5, 0.6) is 5.75 Å². The first-order valence-electron chi connectivity index (χ1n) is 8.88. The average molecular weight is 498 g/mol. The van der Waals surface area contributed by atoms with E-state index in [-0.39, 0.29) is 30.1 Å². The molecule has 1 aromatic rings. The van der Waals surface area contributed by atoms with Crippen LogP contribution in [-0.4, -0.2) is 58.1 Å². The molecule has 1 saturated heterocycles. The highest BCUT2D eigenvalue weighted by atomic mass is 127. The number of rotatable bonds is 10. The molecular formula is C18H29ClIN3O3. The van der Waals surface area contributed by atoms with E-state index in [0.717, 1.165) is 57.5 Å². The smallest absolute Gasteiger partial charge is 0.191 e. The van der Waals surface area contributed by atoms with Crippen molar-refractivity contribution in [2.75, 3.05) is 46.1 Å². The lowest BCUT2D eigenvalue weighted by Crippen LogP contribution is -2.39. The largest absolute Gasteiger partial charge is 0.492 e. The summed E-state index contributed by atoms with van der Waals surface area (Å²) in [6.45, 7) is 7.03. The summed E-state index contributed by atoms with van der Waals surface area (Å²) in [5.41, 5.74) is 0. The second-order valence-electron chi connectivity index (χ2n) is 5.70. The van der Waals surface area contributed by atoms with E-state index in [1.54, 1.807) is 6.07 Å². The van der Waals surface area contributed by atoms with Crippen molar-refractivity contribution in [1.29, 1.82) is 0 Å². The molecule has 0 saturated carbocycles. The first-order chi connectivity index (χ1) is 12.3. The van der Waals surface area contributed by atoms with Crippen molar-refractivity contribution in [2.24, 2.45) is 4.99 Å². The van der Waals surface area contributed by atoms with Crippen LogP contribution in [0.4, 0.5) is 0 Å². The predicted molar refractivity (Wildman–Crippen MR) is 116 cm³/mol. The summed E-state index contributed by atoms with van der Waals surface area (Å²) in [7, 11) is 0. The summed E-state index contributed by atoms with van der Waals surface area (Å²) in [6.07, 6.45) is 2.16. The molecule has 0 amide bonds. The predicted octanol–water partition coefficient (Wildman–Crippen LogP) is 3.09. The molecule has 1 fully saturated rings. The Hall–Kier alpha value is -0.770. The first-order valence-corrected chi connectivity index (χ1v) is 9.25. The molecule has 2 N–H and O–H groups in total. The van der Waals surface area contributed by atoms with E-state index in [2.05, 4.69) is 15.6 Å². The molecule has 6 nitrogen and oxygen atoms in total. The Morgan fingerprint density at radius 2 is 2.23 bits per heavy atom. The fourth-order valence-corrected chi connectivity index (χ4v) is 2.57. The molecule has 0 aromatic heterocycles. The molecular weight excluding hydrogens is 469 g/mol. The van der Waals surface area contributed by atoms with Crippen molar-refractivity contribution in [2.45, 2.75) is 25.9 Å². The van der Waals surface area contributed by atoms with E-state index in [9.17, 15) is 0 Å². The monoisotopic (exact) mass is 497 g/mol. The van der Waals surface area contributed by atoms with Gasteiger partial charge in [-0.1, -0.05) is 17.7 Å². The third-order valence-electron chi connectivity index (χ3n) is 3.62. The maximum absolute atomic E-state index is 5.93. The molecule has 148 valence electrons. The number of hydrogen-bond donors (Lipinski definition) is 2. The number of guanidine groups is 1. The normalized spacial score (nSPS) is 16.8. The van der Waals surface area contributed by atoms with Gasteiger partial charge in [0.05, 0.1) is 19.3 Å². The fraction of sp³-hybridized carbons (Fsp3) is 0.611. The highest BCUT2D eigenvalue weighted by molar-refractivity contribution is 14.0. The minimum absolute atomic E-state index is 0. The summed E-state index contributed by atoms with van der Waals surface area (Å²) in [5.74, 6) is 1.56. The third kappa shape index (κ3) is 9.80. The Morgan fingerprint density at radius 1 is 1.35 bits per heavy atom. The van der Waals surface area contributed by atoms with Crippen LogP contribution in [0, 0.1) is 0 Å². The van der Waals surface area contributed by atoms with Crippen LogP contribution >= 0.6 is 35.6 Å². The molecule has 1 unspecified atom stereocenters. The zero-order valence-corrected chi connectivity index (χ0v) is 18.3. The van der Waals surface area contributed by atoms with E-state index >= 15 is 0 Å². The highest BCUT2D eigenvalue weighted by Gasteiger charge is 2.15. The van der Waals surface area contributed by atoms with Gasteiger partial charge in [-0.25, -0.2) is 0 Å². The van der Waals surface area contributed by atoms with Gasteiger partial charge in [0.1, 0.15) is 12.4 Å². The summed E-state index contributed by atoms with van der Waals surface area (Å²) >= 11 is 5.93. The Bertz CT molecular complexity index is 528. The molecule has 0 spiro atoms. The molecule has 1 aliphatic heterocycles. The van der Waals surface area contributed by atoms with Crippen molar-refractivity contribution in [3.05, 3.63) is 29.3 Å². The van der Waals surface area contributed by atoms with Crippen LogP contribution < -0.4 is 15.4 Å². The topological polar surface area (TPSA) is 64.1 Å². The number of nitrogens with zero attached hydrogens (tertiary/aromatic N) is 1. The van der Waals surface area contributed by atoms with Gasteiger partial charge < -0.3 is 24.8 Å². The zero-order chi connectivity index (χ0) is 17.7. The van der Waals surface area contributed by atoms with Crippen LogP contribution in [0.2, 0.25) is 5.02 Å². The highest BCUT2D eigenvalue weighted by Crippen LogP contribution is 2.16. The average Bonchev–Trinajstić information content (AvgIpc) is 3.12. The summed E-state index contributed by atoms with van der Waals surface area (Å²) < 4.78 is 16.7. The summed E-state index contributed by atoms with van der Waals surface area (Å²) in [6, 6.07) is 7.39. The van der Waals surface area contributed by atoms with E-state index < -0.39 is 0 Å². The van der Waals surface area contributed by atoms with Crippen LogP contribution in [0.1, 0.15) is 19.8 Å². The first kappa shape index (κ1) is 23.3. The van der Waals surface area contributed by atoms with Crippen LogP contribution in [0.15, 0.2) is 29.3 Å². The van der Waals surface area contributed by atoms with Crippen molar-refractivity contribution < 1.29 is 14.2 Å². The van der Waals surface area contributed by atoms with Crippen molar-refractivity contribution >= 4 is 41.5 Å². The van der Waals surface area contributed by atoms with Gasteiger partial charge >= 0.3 is 0 Å². The van der Waals surface area contributed by atoms with Crippen LogP contribution in [0.25, 0.3) is 0 Å². The Labute approximate surface area is 178 Å². The maximum Gasteiger partial charge on any atom is 0.191 e. The van der Waals surface area contributed by atoms with E-state index in [0.29, 0.717) is 18.2 Å². The lowest BCUT2D eigenvalue weighted by molar-refractivity contribution is 0.0424. The minimum atomic E-state index is 0. The molecule has 1 heterocycles. The van der Waals surface area contributed by atoms with Gasteiger partial charge in [-0.05, 0) is 38.0 Å². The molecule has 8 heteroatoms. The minimum Gasteiger partial charge on any atom is -0.492 e. The maximum atomic E-state index is 5.93. The van der Waals surface area contributed by atoms with Crippen LogP contribution in [0.3, 0.4) is 0 Å². The number of hydrogen-bond acceptors (Lipinski definition) is 4. The Morgan fingerprint density at radius 3 is 2.96 bits per heavy atom. The number of ether oxygens (including phenoxy) is 3. The third-order valence-corrected chi connectivity index (χ3v) is 3.85. The van der Waals surface area contributed by atoms with E-state index in [4.69, 9.17) is 25.8 Å². The number of aliphatic imine (C=N–C) groups is 1. The summed E-state index contributed by atoms with van der Waals surface area (Å²) in [4.78, 5) is 4.54. The molecule has 0 radical (unpaired) electrons. The Kier molecular flexibility index (Phi) is 12.8. The van der Waals surface area contributed by atoms with Crippen LogP contribution in [-0.2, 0) is 9.47 Å². The molecule has 1 atom stereocenters. The van der Waals surface area contributed by atoms with Crippen molar-refractivity contribution in [3.8, 4) is 5.75 Å². The number of benzene rings is 1. The number of nitrogens with one attached hydrogen (secondary N) is 2. The zero-order valence-electron chi connectivity index (χ0n) is 15.2. The molecule has 26 heavy (non-hydrogen) atoms. The molecule has 1 aromatic carbocycles. The molecule has 1 aliphatic rings. The van der Waals surface area contributed by atoms with E-state index in [1.807, 2.05) is 25.1 Å². The SMILES string of the molecule is CCNC(=NCCCOC1CCOC1)NCCOc1cccc(Cl)c1.I. The quantitative estimate of drug-likeness (QED) is 0.225. The van der Waals surface area contributed by atoms with Gasteiger partial charge in [-0.2, -0.15) is 0 Å². The van der Waals surface area contributed by atoms with Gasteiger partial charge in [0.25, 0.3) is 0 Å². The lowest BCUT2D eigenvalue weighted by Gasteiger charge is -2.12. The second-order valence-corrected chi connectivity index (χ2v) is 6.14. The molecule has 0 bridgehead atoms. The fourth-order valence-electron chi connectivity index (χ4n) is 2.39. The summed E-state index contributed by atoms with van der Waals surface area (Å²) in [5, 5.41) is 7.15. The van der Waals surface area contributed by atoms with E-state index in [1.165, 1.54) is 0 Å². The number of halogens is 2. The second kappa shape index (κ2) is 14.3. The van der Waals surface area contributed by atoms with Gasteiger partial charge in [-0.3, -0.25) is 4.99 Å². The Balaban J connectivity index is 0.00000338. The molecule has 2 rings (SSSR count). The van der Waals surface area contributed by atoms with Gasteiger partial charge in [0.15, 0.2) is 5.96 Å². The lowest BCUT2D eigenvalue weighted by atomic mass is 10.3. The van der Waals surface area contributed by atoms with Crippen molar-refractivity contribution in [3.63, 3.8) is 0 Å². The van der Waals surface area contributed by atoms with Crippen molar-refractivity contribution in [1.82, 2.24) is 10.6 Å². The van der Waals surface area contributed by atoms with Gasteiger partial charge in [-0.15, -0.1) is 24.0 Å². The van der Waals surface area contributed by atoms with Gasteiger partial charge in [0.2, 0.25) is 0 Å². The molecule has 0 aliphatic carbocycles.